The van der Waals surface area contributed by atoms with Gasteiger partial charge in [-0.15, -0.1) is 0 Å². The molecular formula is C25H28F2N6O4. The molecule has 10 nitrogen and oxygen atoms in total. The minimum atomic E-state index is -2.93. The number of amides is 1. The molecule has 0 unspecified atom stereocenters. The summed E-state index contributed by atoms with van der Waals surface area (Å²) in [6.45, 7) is 3.80. The number of alkyl halides is 2. The van der Waals surface area contributed by atoms with E-state index in [4.69, 9.17) is 9.47 Å². The summed E-state index contributed by atoms with van der Waals surface area (Å²) in [4.78, 5) is 31.2. The molecular weight excluding hydrogens is 486 g/mol. The Hall–Kier alpha value is -4.09. The molecule has 4 rings (SSSR count). The van der Waals surface area contributed by atoms with Crippen molar-refractivity contribution in [3.05, 3.63) is 49.1 Å². The molecule has 1 saturated heterocycles. The van der Waals surface area contributed by atoms with Gasteiger partial charge in [0.2, 0.25) is 0 Å². The summed E-state index contributed by atoms with van der Waals surface area (Å²) in [6.07, 6.45) is 7.52. The van der Waals surface area contributed by atoms with Crippen LogP contribution in [-0.4, -0.2) is 62.3 Å². The summed E-state index contributed by atoms with van der Waals surface area (Å²) in [7, 11) is 0. The highest BCUT2D eigenvalue weighted by Crippen LogP contribution is 2.25. The summed E-state index contributed by atoms with van der Waals surface area (Å²) in [5.74, 6) is 0.832. The zero-order valence-electron chi connectivity index (χ0n) is 20.7. The Morgan fingerprint density at radius 3 is 2.46 bits per heavy atom. The van der Waals surface area contributed by atoms with E-state index in [1.54, 1.807) is 23.4 Å². The first-order valence-corrected chi connectivity index (χ1v) is 11.8. The zero-order valence-corrected chi connectivity index (χ0v) is 20.7. The van der Waals surface area contributed by atoms with E-state index in [0.29, 0.717) is 30.2 Å². The number of carbonyl (C=O) groups excluding carboxylic acids is 1. The molecule has 1 fully saturated rings. The van der Waals surface area contributed by atoms with Crippen molar-refractivity contribution in [1.82, 2.24) is 24.8 Å². The Labute approximate surface area is 213 Å². The van der Waals surface area contributed by atoms with Gasteiger partial charge in [-0.05, 0) is 45.7 Å². The van der Waals surface area contributed by atoms with Crippen LogP contribution in [-0.2, 0) is 4.74 Å². The highest BCUT2D eigenvalue weighted by atomic mass is 19.3. The number of halogens is 2. The molecule has 0 aliphatic carbocycles. The lowest BCUT2D eigenvalue weighted by atomic mass is 10.1. The molecule has 0 atom stereocenters. The quantitative estimate of drug-likeness (QED) is 0.458. The van der Waals surface area contributed by atoms with Crippen molar-refractivity contribution >= 4 is 11.9 Å². The van der Waals surface area contributed by atoms with Crippen LogP contribution in [0.4, 0.5) is 19.4 Å². The van der Waals surface area contributed by atoms with Crippen LogP contribution in [0.5, 0.6) is 17.5 Å². The molecule has 2 aromatic heterocycles. The minimum absolute atomic E-state index is 0.0285. The van der Waals surface area contributed by atoms with Crippen molar-refractivity contribution in [1.29, 1.82) is 0 Å². The number of rotatable bonds is 7. The molecule has 0 spiro atoms. The predicted molar refractivity (Wildman–Crippen MR) is 131 cm³/mol. The Morgan fingerprint density at radius 2 is 1.78 bits per heavy atom. The number of aromatic nitrogens is 4. The maximum atomic E-state index is 12.4. The molecule has 196 valence electrons. The number of nitrogens with one attached hydrogen (secondary N) is 1. The Morgan fingerprint density at radius 1 is 1.08 bits per heavy atom. The van der Waals surface area contributed by atoms with Gasteiger partial charge < -0.3 is 24.4 Å². The Bertz CT molecular complexity index is 1200. The number of likely N-dealkylation sites (tertiary alicyclic amines) is 1. The van der Waals surface area contributed by atoms with Gasteiger partial charge in [-0.25, -0.2) is 19.7 Å². The second-order valence-electron chi connectivity index (χ2n) is 9.39. The van der Waals surface area contributed by atoms with Crippen LogP contribution in [0.1, 0.15) is 33.6 Å². The monoisotopic (exact) mass is 514 g/mol. The SMILES string of the molecule is CC(C)(C)OC(=O)N1CCC(Nc2cncc(-c3cnc(Oc4cccc(OC(F)F)c4)nc3)n2)CC1. The van der Waals surface area contributed by atoms with Gasteiger partial charge in [0.05, 0.1) is 18.1 Å². The van der Waals surface area contributed by atoms with Crippen molar-refractivity contribution in [2.45, 2.75) is 51.9 Å². The number of nitrogens with zero attached hydrogens (tertiary/aromatic N) is 5. The van der Waals surface area contributed by atoms with Crippen LogP contribution in [0.25, 0.3) is 11.3 Å². The number of piperidine rings is 1. The van der Waals surface area contributed by atoms with Crippen LogP contribution in [0.3, 0.4) is 0 Å². The van der Waals surface area contributed by atoms with E-state index in [9.17, 15) is 13.6 Å². The summed E-state index contributed by atoms with van der Waals surface area (Å²) >= 11 is 0. The van der Waals surface area contributed by atoms with E-state index < -0.39 is 12.2 Å². The molecule has 1 aliphatic rings. The average Bonchev–Trinajstić information content (AvgIpc) is 2.84. The van der Waals surface area contributed by atoms with Gasteiger partial charge in [0.1, 0.15) is 22.9 Å². The topological polar surface area (TPSA) is 112 Å². The molecule has 12 heteroatoms. The maximum Gasteiger partial charge on any atom is 0.410 e. The van der Waals surface area contributed by atoms with Crippen LogP contribution >= 0.6 is 0 Å². The third kappa shape index (κ3) is 7.69. The first-order valence-electron chi connectivity index (χ1n) is 11.8. The number of hydrogen-bond donors (Lipinski definition) is 1. The molecule has 3 aromatic rings. The van der Waals surface area contributed by atoms with Gasteiger partial charge in [0.25, 0.3) is 0 Å². The Kier molecular flexibility index (Phi) is 7.95. The molecule has 1 N–H and O–H groups in total. The largest absolute Gasteiger partial charge is 0.444 e. The van der Waals surface area contributed by atoms with Gasteiger partial charge in [-0.1, -0.05) is 6.07 Å². The molecule has 0 saturated carbocycles. The average molecular weight is 515 g/mol. The van der Waals surface area contributed by atoms with E-state index in [-0.39, 0.29) is 29.6 Å². The first kappa shape index (κ1) is 26.0. The van der Waals surface area contributed by atoms with Crippen molar-refractivity contribution < 1.29 is 27.8 Å². The number of benzene rings is 1. The van der Waals surface area contributed by atoms with E-state index in [1.807, 2.05) is 20.8 Å². The van der Waals surface area contributed by atoms with Crippen molar-refractivity contribution in [3.63, 3.8) is 0 Å². The lowest BCUT2D eigenvalue weighted by Crippen LogP contribution is -2.44. The van der Waals surface area contributed by atoms with Crippen molar-refractivity contribution in [2.75, 3.05) is 18.4 Å². The zero-order chi connectivity index (χ0) is 26.4. The fourth-order valence-electron chi connectivity index (χ4n) is 3.64. The fraction of sp³-hybridized carbons (Fsp3) is 0.400. The fourth-order valence-corrected chi connectivity index (χ4v) is 3.64. The highest BCUT2D eigenvalue weighted by molar-refractivity contribution is 5.68. The van der Waals surface area contributed by atoms with Gasteiger partial charge in [0.15, 0.2) is 0 Å². The summed E-state index contributed by atoms with van der Waals surface area (Å²) < 4.78 is 40.2. The van der Waals surface area contributed by atoms with Crippen LogP contribution in [0.15, 0.2) is 49.1 Å². The Balaban J connectivity index is 1.33. The second kappa shape index (κ2) is 11.3. The second-order valence-corrected chi connectivity index (χ2v) is 9.39. The lowest BCUT2D eigenvalue weighted by molar-refractivity contribution is -0.0499. The van der Waals surface area contributed by atoms with E-state index in [0.717, 1.165) is 12.8 Å². The summed E-state index contributed by atoms with van der Waals surface area (Å²) in [6, 6.07) is 6.00. The third-order valence-corrected chi connectivity index (χ3v) is 5.30. The number of carbonyl (C=O) groups is 1. The minimum Gasteiger partial charge on any atom is -0.444 e. The summed E-state index contributed by atoms with van der Waals surface area (Å²) in [5.41, 5.74) is 0.667. The lowest BCUT2D eigenvalue weighted by Gasteiger charge is -2.33. The normalized spacial score (nSPS) is 14.4. The molecule has 0 bridgehead atoms. The van der Waals surface area contributed by atoms with E-state index >= 15 is 0 Å². The molecule has 37 heavy (non-hydrogen) atoms. The van der Waals surface area contributed by atoms with E-state index in [2.05, 4.69) is 30.0 Å². The van der Waals surface area contributed by atoms with Crippen LogP contribution < -0.4 is 14.8 Å². The predicted octanol–water partition coefficient (Wildman–Crippen LogP) is 5.14. The number of ether oxygens (including phenoxy) is 3. The van der Waals surface area contributed by atoms with Crippen LogP contribution in [0.2, 0.25) is 0 Å². The van der Waals surface area contributed by atoms with Crippen molar-refractivity contribution in [2.24, 2.45) is 0 Å². The first-order chi connectivity index (χ1) is 17.6. The third-order valence-electron chi connectivity index (χ3n) is 5.30. The molecule has 0 radical (unpaired) electrons. The highest BCUT2D eigenvalue weighted by Gasteiger charge is 2.27. The molecule has 3 heterocycles. The van der Waals surface area contributed by atoms with Gasteiger partial charge in [0, 0.05) is 43.2 Å². The number of hydrogen-bond acceptors (Lipinski definition) is 9. The smallest absolute Gasteiger partial charge is 0.410 e. The summed E-state index contributed by atoms with van der Waals surface area (Å²) in [5, 5.41) is 3.38. The molecule has 1 amide bonds. The van der Waals surface area contributed by atoms with E-state index in [1.165, 1.54) is 30.6 Å². The van der Waals surface area contributed by atoms with Crippen LogP contribution in [0, 0.1) is 0 Å². The van der Waals surface area contributed by atoms with Gasteiger partial charge in [-0.3, -0.25) is 4.98 Å². The van der Waals surface area contributed by atoms with Gasteiger partial charge in [-0.2, -0.15) is 8.78 Å². The molecule has 1 aromatic carbocycles. The maximum absolute atomic E-state index is 12.4. The van der Waals surface area contributed by atoms with Gasteiger partial charge >= 0.3 is 18.7 Å². The molecule has 1 aliphatic heterocycles. The number of anilines is 1. The standard InChI is InChI=1S/C25H28F2N6O4/c1-25(2,3)37-24(34)33-9-7-17(8-10-33)31-21-15-28-14-20(32-21)16-12-29-23(30-13-16)36-19-6-4-5-18(11-19)35-22(26)27/h4-6,11-15,17,22H,7-10H2,1-3H3,(H,31,32). The van der Waals surface area contributed by atoms with Crippen molar-refractivity contribution in [3.8, 4) is 28.8 Å².